The average Bonchev–Trinajstić information content (AvgIpc) is 2.49. The Kier molecular flexibility index (Phi) is 4.79. The molecule has 1 atom stereocenters. The molecule has 1 nitrogen and oxygen atoms in total. The number of rotatable bonds is 5. The Hall–Kier alpha value is -1.38. The van der Waals surface area contributed by atoms with Crippen molar-refractivity contribution in [2.75, 3.05) is 5.88 Å². The van der Waals surface area contributed by atoms with Gasteiger partial charge in [0.2, 0.25) is 0 Å². The van der Waals surface area contributed by atoms with Crippen LogP contribution in [0.2, 0.25) is 0 Å². The largest absolute Gasteiger partial charge is 0.302 e. The summed E-state index contributed by atoms with van der Waals surface area (Å²) in [5.74, 6) is 0.241. The summed E-state index contributed by atoms with van der Waals surface area (Å²) in [7, 11) is 0. The van der Waals surface area contributed by atoms with E-state index in [1.165, 1.54) is 6.07 Å². The van der Waals surface area contributed by atoms with E-state index >= 15 is 0 Å². The molecule has 0 aromatic heterocycles. The number of benzene rings is 2. The maximum atomic E-state index is 13.3. The maximum absolute atomic E-state index is 13.3. The third-order valence-corrected chi connectivity index (χ3v) is 4.19. The van der Waals surface area contributed by atoms with E-state index in [1.807, 2.05) is 37.3 Å². The van der Waals surface area contributed by atoms with Crippen molar-refractivity contribution < 1.29 is 4.39 Å². The van der Waals surface area contributed by atoms with E-state index in [0.29, 0.717) is 12.4 Å². The Balaban J connectivity index is 2.17. The lowest BCUT2D eigenvalue weighted by molar-refractivity contribution is 0.405. The third-order valence-electron chi connectivity index (χ3n) is 3.66. The van der Waals surface area contributed by atoms with E-state index < -0.39 is 0 Å². The summed E-state index contributed by atoms with van der Waals surface area (Å²) in [5, 5.41) is 3.45. The Morgan fingerprint density at radius 2 is 1.85 bits per heavy atom. The number of hydrogen-bond acceptors (Lipinski definition) is 1. The monoisotopic (exact) mass is 291 g/mol. The van der Waals surface area contributed by atoms with Gasteiger partial charge in [-0.05, 0) is 42.7 Å². The van der Waals surface area contributed by atoms with Crippen LogP contribution >= 0.6 is 11.6 Å². The van der Waals surface area contributed by atoms with Crippen LogP contribution in [-0.2, 0) is 12.1 Å². The molecule has 0 saturated carbocycles. The van der Waals surface area contributed by atoms with Crippen molar-refractivity contribution in [1.29, 1.82) is 0 Å². The molecule has 0 bridgehead atoms. The highest BCUT2D eigenvalue weighted by atomic mass is 35.5. The predicted molar refractivity (Wildman–Crippen MR) is 82.5 cm³/mol. The Morgan fingerprint density at radius 1 is 1.15 bits per heavy atom. The van der Waals surface area contributed by atoms with E-state index in [-0.39, 0.29) is 11.4 Å². The molecule has 2 rings (SSSR count). The van der Waals surface area contributed by atoms with Gasteiger partial charge in [-0.25, -0.2) is 4.39 Å². The smallest absolute Gasteiger partial charge is 0.123 e. The van der Waals surface area contributed by atoms with Crippen LogP contribution in [0, 0.1) is 12.7 Å². The summed E-state index contributed by atoms with van der Waals surface area (Å²) < 4.78 is 13.3. The molecule has 0 aliphatic carbocycles. The molecule has 3 heteroatoms. The number of hydrogen-bond donors (Lipinski definition) is 1. The summed E-state index contributed by atoms with van der Waals surface area (Å²) in [5.41, 5.74) is 2.83. The molecule has 20 heavy (non-hydrogen) atoms. The zero-order valence-corrected chi connectivity index (χ0v) is 12.5. The highest BCUT2D eigenvalue weighted by molar-refractivity contribution is 6.18. The van der Waals surface area contributed by atoms with E-state index in [9.17, 15) is 4.39 Å². The first-order valence-electron chi connectivity index (χ1n) is 6.67. The van der Waals surface area contributed by atoms with Gasteiger partial charge < -0.3 is 5.32 Å². The minimum atomic E-state index is -0.332. The fourth-order valence-electron chi connectivity index (χ4n) is 2.15. The lowest BCUT2D eigenvalue weighted by Crippen LogP contribution is -2.41. The van der Waals surface area contributed by atoms with Crippen molar-refractivity contribution >= 4 is 11.6 Å². The summed E-state index contributed by atoms with van der Waals surface area (Å²) in [6.07, 6.45) is 0. The van der Waals surface area contributed by atoms with Gasteiger partial charge in [-0.1, -0.05) is 36.4 Å². The Morgan fingerprint density at radius 3 is 2.50 bits per heavy atom. The quantitative estimate of drug-likeness (QED) is 0.806. The van der Waals surface area contributed by atoms with Crippen LogP contribution in [0.3, 0.4) is 0 Å². The fraction of sp³-hybridized carbons (Fsp3) is 0.294. The second-order valence-electron chi connectivity index (χ2n) is 5.26. The van der Waals surface area contributed by atoms with Crippen LogP contribution in [-0.4, -0.2) is 5.88 Å². The van der Waals surface area contributed by atoms with E-state index in [4.69, 9.17) is 11.6 Å². The highest BCUT2D eigenvalue weighted by Gasteiger charge is 2.24. The van der Waals surface area contributed by atoms with Gasteiger partial charge in [0.25, 0.3) is 0 Å². The zero-order chi connectivity index (χ0) is 14.6. The Labute approximate surface area is 124 Å². The van der Waals surface area contributed by atoms with Gasteiger partial charge in [0, 0.05) is 12.4 Å². The second kappa shape index (κ2) is 6.38. The lowest BCUT2D eigenvalue weighted by Gasteiger charge is -2.30. The molecule has 0 heterocycles. The van der Waals surface area contributed by atoms with Crippen LogP contribution in [0.25, 0.3) is 0 Å². The molecule has 1 unspecified atom stereocenters. The number of nitrogens with one attached hydrogen (secondary N) is 1. The van der Waals surface area contributed by atoms with Gasteiger partial charge in [0.1, 0.15) is 5.82 Å². The van der Waals surface area contributed by atoms with Crippen molar-refractivity contribution in [2.45, 2.75) is 25.9 Å². The fourth-order valence-corrected chi connectivity index (χ4v) is 2.40. The van der Waals surface area contributed by atoms with Gasteiger partial charge >= 0.3 is 0 Å². The summed E-state index contributed by atoms with van der Waals surface area (Å²) in [6, 6.07) is 14.9. The summed E-state index contributed by atoms with van der Waals surface area (Å²) in [6.45, 7) is 4.63. The average molecular weight is 292 g/mol. The maximum Gasteiger partial charge on any atom is 0.123 e. The van der Waals surface area contributed by atoms with Crippen molar-refractivity contribution in [2.24, 2.45) is 0 Å². The van der Waals surface area contributed by atoms with E-state index in [0.717, 1.165) is 16.7 Å². The van der Waals surface area contributed by atoms with Crippen molar-refractivity contribution in [3.05, 3.63) is 71.0 Å². The number of aryl methyl sites for hydroxylation is 1. The molecule has 0 saturated heterocycles. The number of alkyl halides is 1. The molecule has 0 amide bonds. The second-order valence-corrected chi connectivity index (χ2v) is 5.52. The van der Waals surface area contributed by atoms with Crippen LogP contribution < -0.4 is 5.32 Å². The van der Waals surface area contributed by atoms with Crippen molar-refractivity contribution in [3.63, 3.8) is 0 Å². The molecule has 0 fully saturated rings. The molecule has 0 radical (unpaired) electrons. The highest BCUT2D eigenvalue weighted by Crippen LogP contribution is 2.23. The summed E-state index contributed by atoms with van der Waals surface area (Å²) in [4.78, 5) is 0. The number of halogens is 2. The Bertz CT molecular complexity index is 570. The molecule has 106 valence electrons. The standard InChI is InChI=1S/C17H19ClFN/c1-13-8-9-16(19)10-14(13)11-20-17(2,12-18)15-6-4-3-5-7-15/h3-10,20H,11-12H2,1-2H3. The first-order chi connectivity index (χ1) is 9.55. The van der Waals surface area contributed by atoms with Crippen LogP contribution in [0.5, 0.6) is 0 Å². The normalized spacial score (nSPS) is 14.0. The molecular formula is C17H19ClFN. The molecular weight excluding hydrogens is 273 g/mol. The van der Waals surface area contributed by atoms with Gasteiger partial charge in [-0.3, -0.25) is 0 Å². The minimum Gasteiger partial charge on any atom is -0.302 e. The molecule has 2 aromatic carbocycles. The van der Waals surface area contributed by atoms with Crippen LogP contribution in [0.15, 0.2) is 48.5 Å². The van der Waals surface area contributed by atoms with Crippen LogP contribution in [0.4, 0.5) is 4.39 Å². The minimum absolute atomic E-state index is 0.209. The first kappa shape index (κ1) is 15.0. The SMILES string of the molecule is Cc1ccc(F)cc1CNC(C)(CCl)c1ccccc1. The van der Waals surface area contributed by atoms with Gasteiger partial charge in [-0.2, -0.15) is 0 Å². The molecule has 1 N–H and O–H groups in total. The topological polar surface area (TPSA) is 12.0 Å². The van der Waals surface area contributed by atoms with E-state index in [1.54, 1.807) is 12.1 Å². The van der Waals surface area contributed by atoms with Crippen molar-refractivity contribution in [1.82, 2.24) is 5.32 Å². The van der Waals surface area contributed by atoms with Gasteiger partial charge in [-0.15, -0.1) is 11.6 Å². The molecule has 2 aromatic rings. The lowest BCUT2D eigenvalue weighted by atomic mass is 9.93. The van der Waals surface area contributed by atoms with Crippen molar-refractivity contribution in [3.8, 4) is 0 Å². The summed E-state index contributed by atoms with van der Waals surface area (Å²) >= 11 is 6.14. The van der Waals surface area contributed by atoms with Gasteiger partial charge in [0.15, 0.2) is 0 Å². The van der Waals surface area contributed by atoms with Crippen LogP contribution in [0.1, 0.15) is 23.6 Å². The third kappa shape index (κ3) is 3.38. The zero-order valence-electron chi connectivity index (χ0n) is 11.8. The molecule has 0 aliphatic rings. The predicted octanol–water partition coefficient (Wildman–Crippen LogP) is 4.38. The van der Waals surface area contributed by atoms with E-state index in [2.05, 4.69) is 12.2 Å². The molecule has 0 aliphatic heterocycles. The first-order valence-corrected chi connectivity index (χ1v) is 7.20. The molecule has 0 spiro atoms. The van der Waals surface area contributed by atoms with Gasteiger partial charge in [0.05, 0.1) is 5.54 Å².